The monoisotopic (exact) mass is 386 g/mol. The van der Waals surface area contributed by atoms with Crippen molar-refractivity contribution in [1.82, 2.24) is 5.32 Å². The Morgan fingerprint density at radius 2 is 2.18 bits per heavy atom. The minimum atomic E-state index is 0. The van der Waals surface area contributed by atoms with Crippen molar-refractivity contribution in [2.45, 2.75) is 13.1 Å². The summed E-state index contributed by atoms with van der Waals surface area (Å²) >= 11 is 3.51. The van der Waals surface area contributed by atoms with Gasteiger partial charge in [-0.25, -0.2) is 0 Å². The van der Waals surface area contributed by atoms with Crippen LogP contribution in [0, 0.1) is 0 Å². The number of furan rings is 1. The third kappa shape index (κ3) is 5.09. The van der Waals surface area contributed by atoms with Crippen LogP contribution in [0.5, 0.6) is 11.5 Å². The molecule has 0 amide bonds. The molecular weight excluding hydrogens is 370 g/mol. The fourth-order valence-electron chi connectivity index (χ4n) is 1.90. The van der Waals surface area contributed by atoms with Crippen LogP contribution < -0.4 is 27.2 Å². The molecule has 2 aromatic rings. The van der Waals surface area contributed by atoms with Crippen molar-refractivity contribution >= 4 is 15.9 Å². The molecule has 0 atom stereocenters. The van der Waals surface area contributed by atoms with E-state index >= 15 is 0 Å². The Hall–Kier alpha value is -1.43. The summed E-state index contributed by atoms with van der Waals surface area (Å²) < 4.78 is 17.1. The van der Waals surface area contributed by atoms with E-state index in [1.165, 1.54) is 0 Å². The molecule has 0 radical (unpaired) electrons. The summed E-state index contributed by atoms with van der Waals surface area (Å²) in [5.41, 5.74) is 1.09. The first kappa shape index (κ1) is 18.6. The van der Waals surface area contributed by atoms with Gasteiger partial charge in [-0.2, -0.15) is 0 Å². The van der Waals surface area contributed by atoms with Crippen LogP contribution in [0.15, 0.2) is 52.1 Å². The zero-order valence-electron chi connectivity index (χ0n) is 12.3. The van der Waals surface area contributed by atoms with Crippen LogP contribution in [0.2, 0.25) is 0 Å². The number of benzene rings is 1. The fraction of sp³-hybridized carbons (Fsp3) is 0.250. The lowest BCUT2D eigenvalue weighted by Crippen LogP contribution is -3.00. The van der Waals surface area contributed by atoms with Gasteiger partial charge in [-0.05, 0) is 45.8 Å². The van der Waals surface area contributed by atoms with Gasteiger partial charge in [0.1, 0.15) is 12.4 Å². The molecular formula is C16H18BrClNO3-. The summed E-state index contributed by atoms with van der Waals surface area (Å²) in [5.74, 6) is 2.29. The summed E-state index contributed by atoms with van der Waals surface area (Å²) in [7, 11) is 1.63. The lowest BCUT2D eigenvalue weighted by atomic mass is 10.2. The van der Waals surface area contributed by atoms with Crippen LogP contribution >= 0.6 is 15.9 Å². The van der Waals surface area contributed by atoms with Gasteiger partial charge in [-0.1, -0.05) is 12.7 Å². The normalized spacial score (nSPS) is 9.91. The number of halogens is 2. The van der Waals surface area contributed by atoms with E-state index < -0.39 is 0 Å². The number of rotatable bonds is 8. The van der Waals surface area contributed by atoms with Gasteiger partial charge in [0.2, 0.25) is 0 Å². The predicted octanol–water partition coefficient (Wildman–Crippen LogP) is 0.909. The number of ether oxygens (including phenoxy) is 2. The maximum Gasteiger partial charge on any atom is 0.175 e. The van der Waals surface area contributed by atoms with Gasteiger partial charge >= 0.3 is 0 Å². The van der Waals surface area contributed by atoms with E-state index in [0.717, 1.165) is 15.8 Å². The molecule has 0 fully saturated rings. The number of methoxy groups -OCH3 is 1. The highest BCUT2D eigenvalue weighted by atomic mass is 79.9. The van der Waals surface area contributed by atoms with E-state index in [0.29, 0.717) is 31.2 Å². The van der Waals surface area contributed by atoms with Crippen molar-refractivity contribution in [2.24, 2.45) is 0 Å². The molecule has 120 valence electrons. The van der Waals surface area contributed by atoms with Crippen molar-refractivity contribution in [3.8, 4) is 11.5 Å². The summed E-state index contributed by atoms with van der Waals surface area (Å²) in [4.78, 5) is 0. The van der Waals surface area contributed by atoms with Gasteiger partial charge < -0.3 is 31.6 Å². The fourth-order valence-corrected chi connectivity index (χ4v) is 2.50. The van der Waals surface area contributed by atoms with Crippen LogP contribution in [-0.2, 0) is 13.1 Å². The van der Waals surface area contributed by atoms with E-state index in [-0.39, 0.29) is 12.4 Å². The number of hydrogen-bond acceptors (Lipinski definition) is 4. The highest BCUT2D eigenvalue weighted by molar-refractivity contribution is 9.10. The molecule has 0 aliphatic rings. The Labute approximate surface area is 145 Å². The molecule has 1 aromatic heterocycles. The van der Waals surface area contributed by atoms with Crippen LogP contribution in [0.4, 0.5) is 0 Å². The average Bonchev–Trinajstić information content (AvgIpc) is 2.99. The van der Waals surface area contributed by atoms with Crippen LogP contribution in [-0.4, -0.2) is 13.7 Å². The topological polar surface area (TPSA) is 43.6 Å². The molecule has 1 heterocycles. The number of hydrogen-bond donors (Lipinski definition) is 1. The lowest BCUT2D eigenvalue weighted by Gasteiger charge is -2.13. The van der Waals surface area contributed by atoms with Crippen molar-refractivity contribution < 1.29 is 26.3 Å². The van der Waals surface area contributed by atoms with E-state index in [1.54, 1.807) is 19.4 Å². The average molecular weight is 388 g/mol. The minimum absolute atomic E-state index is 0. The maximum atomic E-state index is 5.60. The zero-order chi connectivity index (χ0) is 15.1. The van der Waals surface area contributed by atoms with E-state index in [9.17, 15) is 0 Å². The Kier molecular flexibility index (Phi) is 8.09. The first-order chi connectivity index (χ1) is 10.2. The highest BCUT2D eigenvalue weighted by Gasteiger charge is 2.11. The van der Waals surface area contributed by atoms with Gasteiger partial charge in [-0.15, -0.1) is 0 Å². The Balaban J connectivity index is 0.00000242. The van der Waals surface area contributed by atoms with E-state index in [1.807, 2.05) is 24.3 Å². The molecule has 6 heteroatoms. The molecule has 2 rings (SSSR count). The third-order valence-corrected chi connectivity index (χ3v) is 3.43. The Morgan fingerprint density at radius 3 is 2.82 bits per heavy atom. The summed E-state index contributed by atoms with van der Waals surface area (Å²) in [6, 6.07) is 7.78. The molecule has 1 aromatic carbocycles. The maximum absolute atomic E-state index is 5.60. The molecule has 0 saturated carbocycles. The SMILES string of the molecule is C=CCOc1c(Br)cc(CNCc2ccco2)cc1OC.[Cl-]. The largest absolute Gasteiger partial charge is 1.00 e. The second-order valence-electron chi connectivity index (χ2n) is 4.39. The first-order valence-electron chi connectivity index (χ1n) is 6.57. The van der Waals surface area contributed by atoms with Gasteiger partial charge in [0.25, 0.3) is 0 Å². The molecule has 0 unspecified atom stereocenters. The van der Waals surface area contributed by atoms with Gasteiger partial charge in [0.05, 0.1) is 24.4 Å². The molecule has 1 N–H and O–H groups in total. The molecule has 22 heavy (non-hydrogen) atoms. The van der Waals surface area contributed by atoms with Crippen LogP contribution in [0.3, 0.4) is 0 Å². The molecule has 0 aliphatic heterocycles. The second kappa shape index (κ2) is 9.56. The molecule has 0 bridgehead atoms. The lowest BCUT2D eigenvalue weighted by molar-refractivity contribution is -0.00000531. The van der Waals surface area contributed by atoms with E-state index in [2.05, 4.69) is 27.8 Å². The molecule has 0 saturated heterocycles. The summed E-state index contributed by atoms with van der Waals surface area (Å²) in [6.45, 7) is 5.47. The van der Waals surface area contributed by atoms with E-state index in [4.69, 9.17) is 13.9 Å². The Bertz CT molecular complexity index is 587. The van der Waals surface area contributed by atoms with Crippen molar-refractivity contribution in [3.63, 3.8) is 0 Å². The van der Waals surface area contributed by atoms with Crippen molar-refractivity contribution in [1.29, 1.82) is 0 Å². The molecule has 0 spiro atoms. The minimum Gasteiger partial charge on any atom is -1.00 e. The molecule has 0 aliphatic carbocycles. The van der Waals surface area contributed by atoms with Crippen molar-refractivity contribution in [2.75, 3.05) is 13.7 Å². The Morgan fingerprint density at radius 1 is 1.36 bits per heavy atom. The predicted molar refractivity (Wildman–Crippen MR) is 85.6 cm³/mol. The second-order valence-corrected chi connectivity index (χ2v) is 5.25. The zero-order valence-corrected chi connectivity index (χ0v) is 14.6. The number of nitrogens with one attached hydrogen (secondary N) is 1. The van der Waals surface area contributed by atoms with Crippen LogP contribution in [0.1, 0.15) is 11.3 Å². The van der Waals surface area contributed by atoms with Gasteiger partial charge in [0, 0.05) is 6.54 Å². The van der Waals surface area contributed by atoms with Gasteiger partial charge in [0.15, 0.2) is 11.5 Å². The smallest absolute Gasteiger partial charge is 0.175 e. The van der Waals surface area contributed by atoms with Crippen LogP contribution in [0.25, 0.3) is 0 Å². The summed E-state index contributed by atoms with van der Waals surface area (Å²) in [5, 5.41) is 3.32. The quantitative estimate of drug-likeness (QED) is 0.684. The third-order valence-electron chi connectivity index (χ3n) is 2.84. The summed E-state index contributed by atoms with van der Waals surface area (Å²) in [6.07, 6.45) is 3.37. The van der Waals surface area contributed by atoms with Gasteiger partial charge in [-0.3, -0.25) is 0 Å². The highest BCUT2D eigenvalue weighted by Crippen LogP contribution is 2.36. The first-order valence-corrected chi connectivity index (χ1v) is 7.37. The van der Waals surface area contributed by atoms with Crippen molar-refractivity contribution in [3.05, 3.63) is 59.0 Å². The standard InChI is InChI=1S/C16H18BrNO3.ClH/c1-3-6-21-16-14(17)8-12(9-15(16)19-2)10-18-11-13-5-4-7-20-13;/h3-5,7-9,18H,1,6,10-11H2,2H3;1H/p-1. The molecule has 4 nitrogen and oxygen atoms in total.